The number of nitriles is 3. The number of alkyl halides is 3. The molecular formula is C80H69F3N6O13S. The smallest absolute Gasteiger partial charge is 0.437 e. The number of nitrogens with zero attached hydrogens (tertiary/aromatic N) is 6. The third-order valence-electron chi connectivity index (χ3n) is 15.8. The number of hydrogen-bond acceptors (Lipinski definition) is 20. The number of hydrogen-bond donors (Lipinski definition) is 0. The van der Waals surface area contributed by atoms with Gasteiger partial charge < -0.3 is 47.9 Å². The second kappa shape index (κ2) is 34.4. The number of allylic oxidation sites excluding steroid dienone is 7. The molecule has 23 heteroatoms. The molecule has 6 aromatic rings. The molecule has 0 fully saturated rings. The third-order valence-corrected chi connectivity index (χ3v) is 17.0. The van der Waals surface area contributed by atoms with Crippen LogP contribution in [-0.4, -0.2) is 88.1 Å². The van der Waals surface area contributed by atoms with Crippen molar-refractivity contribution in [3.63, 3.8) is 0 Å². The summed E-state index contributed by atoms with van der Waals surface area (Å²) in [6.07, 6.45) is 7.35. The molecule has 8 rings (SSSR count). The van der Waals surface area contributed by atoms with Gasteiger partial charge in [-0.3, -0.25) is 0 Å². The molecule has 0 saturated heterocycles. The number of carbonyl (C=O) groups excluding carboxylic acids is 6. The number of rotatable bonds is 28. The van der Waals surface area contributed by atoms with Crippen molar-refractivity contribution in [2.24, 2.45) is 5.41 Å². The number of halogens is 3. The maximum Gasteiger partial charge on any atom is 0.437 e. The predicted molar refractivity (Wildman–Crippen MR) is 385 cm³/mol. The largest absolute Gasteiger partial charge is 0.465 e. The number of esters is 6. The van der Waals surface area contributed by atoms with E-state index in [4.69, 9.17) is 33.2 Å². The summed E-state index contributed by atoms with van der Waals surface area (Å²) in [7, 11) is 3.90. The maximum atomic E-state index is 15.8. The van der Waals surface area contributed by atoms with Crippen LogP contribution in [0.5, 0.6) is 23.0 Å². The van der Waals surface area contributed by atoms with Gasteiger partial charge >= 0.3 is 42.0 Å². The Hall–Kier alpha value is -12.7. The highest BCUT2D eigenvalue weighted by Gasteiger charge is 2.65. The van der Waals surface area contributed by atoms with E-state index in [-0.39, 0.29) is 59.6 Å². The zero-order valence-corrected chi connectivity index (χ0v) is 57.6. The van der Waals surface area contributed by atoms with E-state index in [9.17, 15) is 44.6 Å². The highest BCUT2D eigenvalue weighted by Crippen LogP contribution is 2.56. The lowest BCUT2D eigenvalue weighted by atomic mass is 9.74. The van der Waals surface area contributed by atoms with Crippen molar-refractivity contribution in [2.45, 2.75) is 45.4 Å². The van der Waals surface area contributed by atoms with E-state index in [1.165, 1.54) is 84.6 Å². The van der Waals surface area contributed by atoms with Crippen LogP contribution in [0.4, 0.5) is 41.6 Å². The summed E-state index contributed by atoms with van der Waals surface area (Å²) in [5, 5.41) is 30.2. The average molecular weight is 1410 g/mol. The van der Waals surface area contributed by atoms with Crippen LogP contribution in [0, 0.1) is 39.4 Å². The number of thioether (sulfide) groups is 1. The molecule has 19 nitrogen and oxygen atoms in total. The first-order chi connectivity index (χ1) is 49.3. The van der Waals surface area contributed by atoms with Gasteiger partial charge in [0.25, 0.3) is 5.60 Å². The Bertz CT molecular complexity index is 4530. The summed E-state index contributed by atoms with van der Waals surface area (Å²) in [4.78, 5) is 82.2. The minimum atomic E-state index is -5.23. The molecule has 2 aliphatic rings. The molecule has 0 spiro atoms. The minimum absolute atomic E-state index is 0.0358. The first-order valence-corrected chi connectivity index (χ1v) is 32.8. The average Bonchev–Trinajstić information content (AvgIpc) is 1.57. The summed E-state index contributed by atoms with van der Waals surface area (Å²) < 4.78 is 85.4. The zero-order chi connectivity index (χ0) is 74.6. The van der Waals surface area contributed by atoms with Gasteiger partial charge in [0.15, 0.2) is 11.3 Å². The molecule has 1 aliphatic heterocycles. The monoisotopic (exact) mass is 1410 g/mol. The Morgan fingerprint density at radius 3 is 1.52 bits per heavy atom. The molecule has 1 aliphatic carbocycles. The Morgan fingerprint density at radius 1 is 0.612 bits per heavy atom. The molecule has 1 unspecified atom stereocenters. The van der Waals surface area contributed by atoms with E-state index < -0.39 is 81.1 Å². The van der Waals surface area contributed by atoms with Crippen molar-refractivity contribution >= 4 is 82.1 Å². The first-order valence-electron chi connectivity index (χ1n) is 31.8. The fraction of sp³-hybridized carbons (Fsp3) is 0.188. The van der Waals surface area contributed by atoms with Gasteiger partial charge in [-0.05, 0) is 127 Å². The second-order valence-electron chi connectivity index (χ2n) is 23.7. The topological polar surface area (TPSA) is 248 Å². The summed E-state index contributed by atoms with van der Waals surface area (Å²) in [6.45, 7) is 20.2. The lowest BCUT2D eigenvalue weighted by Crippen LogP contribution is -2.43. The van der Waals surface area contributed by atoms with Crippen LogP contribution >= 0.6 is 11.8 Å². The molecule has 6 aromatic carbocycles. The molecule has 524 valence electrons. The lowest BCUT2D eigenvalue weighted by Gasteiger charge is -2.34. The lowest BCUT2D eigenvalue weighted by molar-refractivity contribution is -0.249. The van der Waals surface area contributed by atoms with Crippen molar-refractivity contribution in [1.29, 1.82) is 15.8 Å². The molecule has 103 heavy (non-hydrogen) atoms. The minimum Gasteiger partial charge on any atom is -0.465 e. The fourth-order valence-electron chi connectivity index (χ4n) is 11.1. The predicted octanol–water partition coefficient (Wildman–Crippen LogP) is 16.0. The van der Waals surface area contributed by atoms with Crippen LogP contribution in [0.15, 0.2) is 253 Å². The number of likely N-dealkylation sites (N-methyl/N-ethyl adjacent to an activating group) is 1. The Balaban J connectivity index is 1.12. The number of carbonyl (C=O) groups is 6. The van der Waals surface area contributed by atoms with E-state index in [0.29, 0.717) is 29.9 Å². The van der Waals surface area contributed by atoms with Gasteiger partial charge in [0.05, 0.1) is 17.7 Å². The third kappa shape index (κ3) is 19.0. The quantitative estimate of drug-likeness (QED) is 0.0146. The van der Waals surface area contributed by atoms with Gasteiger partial charge in [0.1, 0.15) is 60.0 Å². The van der Waals surface area contributed by atoms with Crippen LogP contribution in [0.3, 0.4) is 0 Å². The van der Waals surface area contributed by atoms with Crippen molar-refractivity contribution in [3.05, 3.63) is 275 Å². The van der Waals surface area contributed by atoms with E-state index in [1.54, 1.807) is 24.3 Å². The summed E-state index contributed by atoms with van der Waals surface area (Å²) in [5.74, 6) is -6.04. The van der Waals surface area contributed by atoms with E-state index in [2.05, 4.69) is 31.2 Å². The van der Waals surface area contributed by atoms with Crippen LogP contribution in [-0.2, 0) is 39.0 Å². The van der Waals surface area contributed by atoms with Crippen molar-refractivity contribution in [3.8, 4) is 41.2 Å². The zero-order valence-electron chi connectivity index (χ0n) is 56.8. The Kier molecular flexibility index (Phi) is 25.4. The molecule has 0 aromatic heterocycles. The molecule has 0 saturated carbocycles. The summed E-state index contributed by atoms with van der Waals surface area (Å²) >= 11 is 1.31. The number of benzene rings is 6. The highest BCUT2D eigenvalue weighted by molar-refractivity contribution is 8.03. The Morgan fingerprint density at radius 2 is 1.08 bits per heavy atom. The number of anilines is 5. The van der Waals surface area contributed by atoms with Crippen molar-refractivity contribution in [2.75, 3.05) is 60.9 Å². The van der Waals surface area contributed by atoms with Gasteiger partial charge in [0, 0.05) is 107 Å². The van der Waals surface area contributed by atoms with Gasteiger partial charge in [-0.15, -0.1) is 11.8 Å². The standard InChI is InChI=1S/C80H69F3N6O13S/c1-10-70(90)98-64-41-55(42-65(45-64)99-71(91)11-2)76(94)96-38-37-88(14-5)60-31-35-63(36-32-60)89(62-33-29-59(30-34-62)87(8)9)61-27-24-52(25-28-61)23-26-54-48-78(6,7)47-53(75(54)103-40-39-97-77(95)56-43-66(100-72(92)12-3)46-67(44-56)101-73(93)13-4)19-18-22-69-68(51-86)74(57(49-84)50-85)102-79(69,80(81,82)83)58-20-16-15-17-21-58/h10-13,15-36,41-46H,1-4,14,37-40,47-48H2,5-9H3/b22-18+,26-23+,53-19+. The van der Waals surface area contributed by atoms with Gasteiger partial charge in [-0.2, -0.15) is 29.0 Å². The van der Waals surface area contributed by atoms with Crippen LogP contribution in [0.1, 0.15) is 65.5 Å². The van der Waals surface area contributed by atoms with Gasteiger partial charge in [0.2, 0.25) is 0 Å². The van der Waals surface area contributed by atoms with E-state index in [1.807, 2.05) is 130 Å². The van der Waals surface area contributed by atoms with E-state index in [0.717, 1.165) is 70.0 Å². The number of ether oxygens (including phenoxy) is 7. The molecule has 1 atom stereocenters. The summed E-state index contributed by atoms with van der Waals surface area (Å²) in [6, 6.07) is 42.8. The van der Waals surface area contributed by atoms with Gasteiger partial charge in [-0.1, -0.05) is 113 Å². The molecule has 0 radical (unpaired) electrons. The molecular weight excluding hydrogens is 1340 g/mol. The highest BCUT2D eigenvalue weighted by atomic mass is 32.2. The van der Waals surface area contributed by atoms with E-state index >= 15 is 13.2 Å². The van der Waals surface area contributed by atoms with Crippen LogP contribution < -0.4 is 33.6 Å². The fourth-order valence-corrected chi connectivity index (χ4v) is 12.1. The Labute approximate surface area is 598 Å². The first kappa shape index (κ1) is 76.1. The maximum absolute atomic E-state index is 15.8. The normalized spacial score (nSPS) is 15.0. The van der Waals surface area contributed by atoms with Crippen molar-refractivity contribution < 1.29 is 75.1 Å². The molecule has 0 bridgehead atoms. The summed E-state index contributed by atoms with van der Waals surface area (Å²) in [5.41, 5.74) is 0.0672. The molecule has 1 heterocycles. The van der Waals surface area contributed by atoms with Crippen LogP contribution in [0.2, 0.25) is 0 Å². The van der Waals surface area contributed by atoms with Gasteiger partial charge in [-0.25, -0.2) is 28.8 Å². The van der Waals surface area contributed by atoms with Crippen molar-refractivity contribution in [1.82, 2.24) is 0 Å². The second-order valence-corrected chi connectivity index (χ2v) is 24.8. The molecule has 0 N–H and O–H groups in total. The van der Waals surface area contributed by atoms with Crippen LogP contribution in [0.25, 0.3) is 6.08 Å². The molecule has 0 amide bonds. The SMILES string of the molecule is C=CC(=O)Oc1cc(OC(=O)C=C)cc(C(=O)OCCSC2=C(/C=C/c3ccc(N(c4ccc(N(C)C)cc4)c4ccc(N(CC)CCOC(=O)c5cc(OC(=O)C=C)cc(OC(=O)C=C)c5)cc4)cc3)CC(C)(C)C/C2=C\C=C\C2=C(C#N)C(=C(C#N)C#N)OC2(c2ccccc2)C(F)(F)F)c1.